The van der Waals surface area contributed by atoms with Gasteiger partial charge in [-0.15, -0.1) is 0 Å². The van der Waals surface area contributed by atoms with Crippen molar-refractivity contribution < 1.29 is 22.8 Å². The van der Waals surface area contributed by atoms with Crippen molar-refractivity contribution in [3.05, 3.63) is 114 Å². The number of para-hydroxylation sites is 1. The Morgan fingerprint density at radius 1 is 0.830 bits per heavy atom. The van der Waals surface area contributed by atoms with Gasteiger partial charge in [0.05, 0.1) is 16.2 Å². The number of carbonyl (C=O) groups excluding carboxylic acids is 3. The van der Waals surface area contributed by atoms with Crippen molar-refractivity contribution >= 4 is 61.8 Å². The molecule has 1 saturated heterocycles. The fourth-order valence-corrected chi connectivity index (χ4v) is 6.88. The molecule has 0 saturated carbocycles. The van der Waals surface area contributed by atoms with Crippen LogP contribution in [0.5, 0.6) is 0 Å². The number of anilines is 4. The predicted molar refractivity (Wildman–Crippen MR) is 184 cm³/mol. The van der Waals surface area contributed by atoms with Gasteiger partial charge in [0.15, 0.2) is 0 Å². The van der Waals surface area contributed by atoms with Crippen molar-refractivity contribution in [2.75, 3.05) is 39.9 Å². The normalized spacial score (nSPS) is 15.3. The number of amides is 3. The largest absolute Gasteiger partial charge is 0.354 e. The lowest BCUT2D eigenvalue weighted by molar-refractivity contribution is -0.132. The van der Waals surface area contributed by atoms with Gasteiger partial charge in [0, 0.05) is 48.3 Å². The Balaban J connectivity index is 1.32. The van der Waals surface area contributed by atoms with Crippen LogP contribution in [0.2, 0.25) is 0 Å². The first-order chi connectivity index (χ1) is 22.7. The van der Waals surface area contributed by atoms with E-state index >= 15 is 0 Å². The highest BCUT2D eigenvalue weighted by Gasteiger charge is 2.30. The van der Waals surface area contributed by atoms with Crippen molar-refractivity contribution in [1.82, 2.24) is 4.90 Å². The molecule has 4 aromatic carbocycles. The topological polar surface area (TPSA) is 128 Å². The highest BCUT2D eigenvalue weighted by Crippen LogP contribution is 2.39. The van der Waals surface area contributed by atoms with Gasteiger partial charge >= 0.3 is 0 Å². The number of sulfonamides is 1. The molecule has 11 heteroatoms. The Hall–Kier alpha value is -5.42. The first kappa shape index (κ1) is 31.6. The fraction of sp³-hybridized carbons (Fsp3) is 0.194. The second-order valence-electron chi connectivity index (χ2n) is 11.5. The molecule has 3 N–H and O–H groups in total. The first-order valence-electron chi connectivity index (χ1n) is 15.5. The molecule has 3 amide bonds. The first-order valence-corrected chi connectivity index (χ1v) is 16.9. The Labute approximate surface area is 274 Å². The summed E-state index contributed by atoms with van der Waals surface area (Å²) in [5.41, 5.74) is 4.02. The smallest absolute Gasteiger partial charge is 0.261 e. The predicted octanol–water partition coefficient (Wildman–Crippen LogP) is 5.79. The van der Waals surface area contributed by atoms with Crippen LogP contribution >= 0.6 is 0 Å². The van der Waals surface area contributed by atoms with E-state index in [9.17, 15) is 22.8 Å². The summed E-state index contributed by atoms with van der Waals surface area (Å²) in [6, 6.07) is 29.5. The van der Waals surface area contributed by atoms with Crippen molar-refractivity contribution in [3.63, 3.8) is 0 Å². The molecule has 0 aromatic heterocycles. The molecule has 4 aromatic rings. The Morgan fingerprint density at radius 2 is 1.49 bits per heavy atom. The van der Waals surface area contributed by atoms with E-state index in [1.807, 2.05) is 35.2 Å². The molecule has 1 fully saturated rings. The van der Waals surface area contributed by atoms with E-state index in [-0.39, 0.29) is 34.7 Å². The van der Waals surface area contributed by atoms with Crippen LogP contribution in [0.1, 0.15) is 37.3 Å². The molecule has 0 radical (unpaired) electrons. The van der Waals surface area contributed by atoms with Crippen LogP contribution in [0.15, 0.2) is 108 Å². The van der Waals surface area contributed by atoms with Gasteiger partial charge < -0.3 is 20.4 Å². The lowest BCUT2D eigenvalue weighted by Gasteiger charge is -2.29. The number of nitrogens with one attached hydrogen (secondary N) is 3. The lowest BCUT2D eigenvalue weighted by Crippen LogP contribution is -2.44. The van der Waals surface area contributed by atoms with Gasteiger partial charge in [-0.3, -0.25) is 19.1 Å². The number of rotatable bonds is 9. The van der Waals surface area contributed by atoms with Crippen LogP contribution < -0.4 is 20.3 Å². The molecule has 2 aliphatic rings. The van der Waals surface area contributed by atoms with Crippen molar-refractivity contribution in [1.29, 1.82) is 0 Å². The average Bonchev–Trinajstić information content (AvgIpc) is 3.42. The zero-order valence-corrected chi connectivity index (χ0v) is 26.7. The summed E-state index contributed by atoms with van der Waals surface area (Å²) in [6.07, 6.45) is 3.04. The van der Waals surface area contributed by atoms with Crippen LogP contribution in [-0.2, 0) is 24.4 Å². The van der Waals surface area contributed by atoms with Gasteiger partial charge in [0.25, 0.3) is 15.9 Å². The second kappa shape index (κ2) is 13.5. The van der Waals surface area contributed by atoms with E-state index in [1.165, 1.54) is 24.0 Å². The Kier molecular flexibility index (Phi) is 9.08. The maximum Gasteiger partial charge on any atom is 0.261 e. The minimum absolute atomic E-state index is 0.00860. The van der Waals surface area contributed by atoms with Crippen LogP contribution in [0.25, 0.3) is 11.3 Å². The quantitative estimate of drug-likeness (QED) is 0.197. The molecular weight excluding hydrogens is 614 g/mol. The molecule has 0 unspecified atom stereocenters. The minimum atomic E-state index is -3.95. The van der Waals surface area contributed by atoms with Gasteiger partial charge in [0.1, 0.15) is 6.54 Å². The lowest BCUT2D eigenvalue weighted by atomic mass is 10.00. The van der Waals surface area contributed by atoms with E-state index in [4.69, 9.17) is 0 Å². The summed E-state index contributed by atoms with van der Waals surface area (Å²) in [5.74, 6) is -0.702. The molecule has 0 aliphatic carbocycles. The third kappa shape index (κ3) is 7.05. The number of nitrogens with zero attached hydrogens (tertiary/aromatic N) is 2. The van der Waals surface area contributed by atoms with Crippen LogP contribution in [0.4, 0.5) is 22.7 Å². The van der Waals surface area contributed by atoms with Gasteiger partial charge in [-0.05, 0) is 79.4 Å². The number of hydrogen-bond acceptors (Lipinski definition) is 6. The maximum atomic E-state index is 13.5. The zero-order chi connectivity index (χ0) is 33.0. The minimum Gasteiger partial charge on any atom is -0.354 e. The number of likely N-dealkylation sites (tertiary alicyclic amines) is 1. The van der Waals surface area contributed by atoms with Gasteiger partial charge in [-0.2, -0.15) is 0 Å². The van der Waals surface area contributed by atoms with Crippen molar-refractivity contribution in [2.24, 2.45) is 0 Å². The molecule has 2 aliphatic heterocycles. The van der Waals surface area contributed by atoms with Crippen molar-refractivity contribution in [2.45, 2.75) is 31.1 Å². The van der Waals surface area contributed by atoms with Gasteiger partial charge in [-0.25, -0.2) is 8.42 Å². The van der Waals surface area contributed by atoms with Crippen molar-refractivity contribution in [3.8, 4) is 0 Å². The summed E-state index contributed by atoms with van der Waals surface area (Å²) in [4.78, 5) is 42.3. The Bertz CT molecular complexity index is 1940. The van der Waals surface area contributed by atoms with Crippen LogP contribution in [0.3, 0.4) is 0 Å². The summed E-state index contributed by atoms with van der Waals surface area (Å²) in [7, 11) is -3.95. The standard InChI is InChI=1S/C36H35N5O5S/c1-25(42)41(24-33(43)40-21-9-4-10-22-40)29-17-15-27(16-18-29)37-35(26-11-5-2-6-12-26)34-31-23-30(19-20-32(31)38-36(34)44)47(45,46)39-28-13-7-3-8-14-28/h2-3,5-8,11-20,23,37,39H,4,9-10,21-22,24H2,1H3,(H,38,44)/b35-34-. The molecule has 10 nitrogen and oxygen atoms in total. The van der Waals surface area contributed by atoms with E-state index in [0.717, 1.165) is 19.3 Å². The van der Waals surface area contributed by atoms with Crippen LogP contribution in [0, 0.1) is 0 Å². The number of benzene rings is 4. The maximum absolute atomic E-state index is 13.5. The number of fused-ring (bicyclic) bond motifs is 1. The highest BCUT2D eigenvalue weighted by molar-refractivity contribution is 7.92. The van der Waals surface area contributed by atoms with Crippen LogP contribution in [-0.4, -0.2) is 50.7 Å². The Morgan fingerprint density at radius 3 is 2.15 bits per heavy atom. The summed E-state index contributed by atoms with van der Waals surface area (Å²) in [6.45, 7) is 2.81. The third-order valence-corrected chi connectivity index (χ3v) is 9.59. The molecule has 0 atom stereocenters. The number of hydrogen-bond donors (Lipinski definition) is 3. The summed E-state index contributed by atoms with van der Waals surface area (Å²) in [5, 5.41) is 6.23. The molecule has 47 heavy (non-hydrogen) atoms. The number of piperidine rings is 1. The van der Waals surface area contributed by atoms with Gasteiger partial charge in [0.2, 0.25) is 11.8 Å². The number of carbonyl (C=O) groups is 3. The summed E-state index contributed by atoms with van der Waals surface area (Å²) < 4.78 is 29.2. The average molecular weight is 650 g/mol. The fourth-order valence-electron chi connectivity index (χ4n) is 5.80. The molecule has 2 heterocycles. The molecule has 0 bridgehead atoms. The monoisotopic (exact) mass is 649 g/mol. The summed E-state index contributed by atoms with van der Waals surface area (Å²) >= 11 is 0. The second-order valence-corrected chi connectivity index (χ2v) is 13.1. The van der Waals surface area contributed by atoms with E-state index < -0.39 is 10.0 Å². The zero-order valence-electron chi connectivity index (χ0n) is 25.9. The van der Waals surface area contributed by atoms with Gasteiger partial charge in [-0.1, -0.05) is 48.5 Å². The van der Waals surface area contributed by atoms with E-state index in [0.29, 0.717) is 52.7 Å². The van der Waals surface area contributed by atoms with E-state index in [2.05, 4.69) is 15.4 Å². The van der Waals surface area contributed by atoms with E-state index in [1.54, 1.807) is 60.7 Å². The SMILES string of the molecule is CC(=O)N(CC(=O)N1CCCCC1)c1ccc(N/C(=C2\C(=O)Nc3ccc(S(=O)(=O)Nc4ccccc4)cc32)c2ccccc2)cc1. The molecule has 6 rings (SSSR count). The molecule has 240 valence electrons. The highest BCUT2D eigenvalue weighted by atomic mass is 32.2. The molecular formula is C36H35N5O5S. The molecule has 0 spiro atoms. The third-order valence-electron chi connectivity index (χ3n) is 8.21.